The van der Waals surface area contributed by atoms with Gasteiger partial charge in [-0.25, -0.2) is 0 Å². The highest BCUT2D eigenvalue weighted by Gasteiger charge is 2.40. The van der Waals surface area contributed by atoms with Crippen LogP contribution in [0, 0.1) is 0 Å². The fourth-order valence-corrected chi connectivity index (χ4v) is 5.97. The van der Waals surface area contributed by atoms with Crippen molar-refractivity contribution in [1.82, 2.24) is 4.90 Å². The van der Waals surface area contributed by atoms with Crippen molar-refractivity contribution in [1.29, 1.82) is 0 Å². The topological polar surface area (TPSA) is 77.5 Å². The molecule has 4 rings (SSSR count). The minimum Gasteiger partial charge on any atom is -0.497 e. The minimum absolute atomic E-state index is 0.237. The maximum absolute atomic E-state index is 14.0. The number of thioether (sulfide) groups is 1. The third kappa shape index (κ3) is 7.08. The molecule has 0 saturated heterocycles. The number of hydrogen-bond donors (Lipinski definition) is 0. The average Bonchev–Trinajstić information content (AvgIpc) is 3.08. The van der Waals surface area contributed by atoms with Gasteiger partial charge < -0.3 is 28.7 Å². The third-order valence-electron chi connectivity index (χ3n) is 6.83. The zero-order chi connectivity index (χ0) is 28.6. The highest BCUT2D eigenvalue weighted by atomic mass is 32.2. The van der Waals surface area contributed by atoms with Crippen LogP contribution in [-0.2, 0) is 20.7 Å². The molecule has 3 aromatic rings. The van der Waals surface area contributed by atoms with Gasteiger partial charge in [0.15, 0.2) is 6.10 Å². The van der Waals surface area contributed by atoms with Gasteiger partial charge in [0.25, 0.3) is 5.91 Å². The Morgan fingerprint density at radius 1 is 0.900 bits per heavy atom. The highest BCUT2D eigenvalue weighted by Crippen LogP contribution is 2.46. The van der Waals surface area contributed by atoms with Crippen LogP contribution in [0.1, 0.15) is 23.3 Å². The molecule has 1 amide bonds. The van der Waals surface area contributed by atoms with Crippen LogP contribution in [0.4, 0.5) is 5.69 Å². The van der Waals surface area contributed by atoms with E-state index in [1.807, 2.05) is 73.8 Å². The molecular formula is C31H36N2O6S. The van der Waals surface area contributed by atoms with Crippen LogP contribution in [-0.4, -0.2) is 70.9 Å². The Hall–Kier alpha value is -3.69. The second kappa shape index (κ2) is 13.6. The monoisotopic (exact) mass is 564 g/mol. The number of anilines is 1. The summed E-state index contributed by atoms with van der Waals surface area (Å²) < 4.78 is 21.8. The van der Waals surface area contributed by atoms with E-state index in [1.54, 1.807) is 26.2 Å². The summed E-state index contributed by atoms with van der Waals surface area (Å²) in [7, 11) is 6.92. The zero-order valence-electron chi connectivity index (χ0n) is 23.6. The molecule has 0 aromatic heterocycles. The van der Waals surface area contributed by atoms with Gasteiger partial charge in [0.05, 0.1) is 32.3 Å². The van der Waals surface area contributed by atoms with Crippen molar-refractivity contribution in [3.63, 3.8) is 0 Å². The SMILES string of the molecule is COc1ccc([C@@H]2Sc3ccccc3N(CCN(C)CCc3cc(OC)cc(OC)c3)C(=O)[C@@H]2OC(C)=O)cc1. The van der Waals surface area contributed by atoms with Crippen molar-refractivity contribution in [2.24, 2.45) is 0 Å². The van der Waals surface area contributed by atoms with Crippen LogP contribution in [0.5, 0.6) is 17.2 Å². The Balaban J connectivity index is 1.54. The molecule has 0 aliphatic carbocycles. The summed E-state index contributed by atoms with van der Waals surface area (Å²) in [5.74, 6) is 1.50. The molecule has 0 bridgehead atoms. The van der Waals surface area contributed by atoms with Gasteiger partial charge in [-0.15, -0.1) is 11.8 Å². The summed E-state index contributed by atoms with van der Waals surface area (Å²) in [6.07, 6.45) is -0.182. The fraction of sp³-hybridized carbons (Fsp3) is 0.355. The number of benzene rings is 3. The summed E-state index contributed by atoms with van der Waals surface area (Å²) in [6.45, 7) is 3.19. The van der Waals surface area contributed by atoms with E-state index < -0.39 is 17.3 Å². The van der Waals surface area contributed by atoms with Gasteiger partial charge in [-0.2, -0.15) is 0 Å². The van der Waals surface area contributed by atoms with Crippen LogP contribution in [0.2, 0.25) is 0 Å². The van der Waals surface area contributed by atoms with Crippen molar-refractivity contribution in [2.45, 2.75) is 29.6 Å². The zero-order valence-corrected chi connectivity index (χ0v) is 24.4. The van der Waals surface area contributed by atoms with Crippen LogP contribution >= 0.6 is 11.8 Å². The number of fused-ring (bicyclic) bond motifs is 1. The largest absolute Gasteiger partial charge is 0.497 e. The summed E-state index contributed by atoms with van der Waals surface area (Å²) in [5, 5.41) is -0.408. The van der Waals surface area contributed by atoms with Crippen LogP contribution in [0.15, 0.2) is 71.6 Å². The Kier molecular flexibility index (Phi) is 9.95. The smallest absolute Gasteiger partial charge is 0.303 e. The molecule has 1 aliphatic heterocycles. The molecular weight excluding hydrogens is 528 g/mol. The van der Waals surface area contributed by atoms with Crippen LogP contribution in [0.25, 0.3) is 0 Å². The molecule has 212 valence electrons. The van der Waals surface area contributed by atoms with Gasteiger partial charge in [-0.1, -0.05) is 24.3 Å². The number of carbonyl (C=O) groups is 2. The van der Waals surface area contributed by atoms with Gasteiger partial charge in [-0.3, -0.25) is 9.59 Å². The Labute approximate surface area is 240 Å². The minimum atomic E-state index is -0.974. The molecule has 9 heteroatoms. The number of rotatable bonds is 11. The average molecular weight is 565 g/mol. The summed E-state index contributed by atoms with van der Waals surface area (Å²) in [6, 6.07) is 21.2. The number of ether oxygens (including phenoxy) is 4. The normalized spacial score (nSPS) is 16.8. The van der Waals surface area contributed by atoms with Crippen LogP contribution < -0.4 is 19.1 Å². The first-order valence-corrected chi connectivity index (χ1v) is 14.0. The molecule has 8 nitrogen and oxygen atoms in total. The lowest BCUT2D eigenvalue weighted by molar-refractivity contribution is -0.152. The lowest BCUT2D eigenvalue weighted by atomic mass is 10.1. The first-order chi connectivity index (χ1) is 19.3. The van der Waals surface area contributed by atoms with Crippen LogP contribution in [0.3, 0.4) is 0 Å². The van der Waals surface area contributed by atoms with Crippen molar-refractivity contribution in [3.05, 3.63) is 77.9 Å². The first kappa shape index (κ1) is 29.3. The second-order valence-corrected chi connectivity index (χ2v) is 10.8. The third-order valence-corrected chi connectivity index (χ3v) is 8.20. The quantitative estimate of drug-likeness (QED) is 0.301. The van der Waals surface area contributed by atoms with Gasteiger partial charge in [0.1, 0.15) is 17.2 Å². The van der Waals surface area contributed by atoms with Gasteiger partial charge in [0, 0.05) is 37.5 Å². The maximum atomic E-state index is 14.0. The van der Waals surface area contributed by atoms with Crippen molar-refractivity contribution in [2.75, 3.05) is 52.9 Å². The number of likely N-dealkylation sites (N-methyl/N-ethyl adjacent to an activating group) is 1. The molecule has 0 saturated carbocycles. The number of methoxy groups -OCH3 is 3. The van der Waals surface area contributed by atoms with E-state index in [9.17, 15) is 9.59 Å². The Morgan fingerprint density at radius 3 is 2.17 bits per heavy atom. The molecule has 1 aliphatic rings. The molecule has 0 unspecified atom stereocenters. The second-order valence-electron chi connectivity index (χ2n) is 9.57. The fourth-order valence-electron chi connectivity index (χ4n) is 4.65. The van der Waals surface area contributed by atoms with E-state index in [2.05, 4.69) is 4.90 Å². The van der Waals surface area contributed by atoms with E-state index in [-0.39, 0.29) is 5.91 Å². The Morgan fingerprint density at radius 2 is 1.55 bits per heavy atom. The van der Waals surface area contributed by atoms with E-state index in [0.29, 0.717) is 13.1 Å². The molecule has 1 heterocycles. The Bertz CT molecular complexity index is 1290. The molecule has 40 heavy (non-hydrogen) atoms. The molecule has 0 fully saturated rings. The number of esters is 1. The predicted molar refractivity (Wildman–Crippen MR) is 157 cm³/mol. The van der Waals surface area contributed by atoms with Gasteiger partial charge >= 0.3 is 5.97 Å². The summed E-state index contributed by atoms with van der Waals surface area (Å²) in [4.78, 5) is 31.1. The maximum Gasteiger partial charge on any atom is 0.303 e. The van der Waals surface area contributed by atoms with Gasteiger partial charge in [0.2, 0.25) is 0 Å². The lowest BCUT2D eigenvalue weighted by Gasteiger charge is -2.29. The standard InChI is InChI=1S/C31H36N2O6S/c1-21(34)39-29-30(23-10-12-24(36-3)13-11-23)40-28-9-7-6-8-27(28)33(31(29)35)17-16-32(2)15-14-22-18-25(37-4)20-26(19-22)38-5/h6-13,18-20,29-30H,14-17H2,1-5H3/t29-,30+/m1/s1. The molecule has 2 atom stereocenters. The number of nitrogens with zero attached hydrogens (tertiary/aromatic N) is 2. The number of carbonyl (C=O) groups excluding carboxylic acids is 2. The van der Waals surface area contributed by atoms with Gasteiger partial charge in [-0.05, 0) is 61.0 Å². The van der Waals surface area contributed by atoms with Crippen molar-refractivity contribution >= 4 is 29.3 Å². The number of para-hydroxylation sites is 1. The van der Waals surface area contributed by atoms with Crippen molar-refractivity contribution < 1.29 is 28.5 Å². The summed E-state index contributed by atoms with van der Waals surface area (Å²) in [5.41, 5.74) is 2.80. The number of amides is 1. The first-order valence-electron chi connectivity index (χ1n) is 13.1. The summed E-state index contributed by atoms with van der Waals surface area (Å²) >= 11 is 1.53. The van der Waals surface area contributed by atoms with E-state index in [0.717, 1.165) is 51.9 Å². The van der Waals surface area contributed by atoms with E-state index >= 15 is 0 Å². The van der Waals surface area contributed by atoms with Crippen molar-refractivity contribution in [3.8, 4) is 17.2 Å². The highest BCUT2D eigenvalue weighted by molar-refractivity contribution is 7.99. The molecule has 0 N–H and O–H groups in total. The predicted octanol–water partition coefficient (Wildman–Crippen LogP) is 5.00. The van der Waals surface area contributed by atoms with E-state index in [4.69, 9.17) is 18.9 Å². The number of hydrogen-bond acceptors (Lipinski definition) is 8. The van der Waals surface area contributed by atoms with E-state index in [1.165, 1.54) is 18.7 Å². The molecule has 0 spiro atoms. The molecule has 3 aromatic carbocycles. The molecule has 0 radical (unpaired) electrons. The lowest BCUT2D eigenvalue weighted by Crippen LogP contribution is -2.45.